The van der Waals surface area contributed by atoms with E-state index in [-0.39, 0.29) is 5.56 Å². The third kappa shape index (κ3) is 2.65. The molecule has 1 aliphatic carbocycles. The fraction of sp³-hybridized carbons (Fsp3) is 0.562. The summed E-state index contributed by atoms with van der Waals surface area (Å²) in [6.45, 7) is 0.395. The van der Waals surface area contributed by atoms with Crippen molar-refractivity contribution in [1.82, 2.24) is 9.88 Å². The standard InChI is InChI=1S/C16H20N2O4/c19-14-11(9-10-5-2-1-3-6-12(10)17-14)15(20)18-8-4-7-13(18)16(21)22/h9,13H,1-8H2,(H,17,19)(H,21,22). The van der Waals surface area contributed by atoms with E-state index in [4.69, 9.17) is 0 Å². The Bertz CT molecular complexity index is 665. The first-order valence-electron chi connectivity index (χ1n) is 7.87. The highest BCUT2D eigenvalue weighted by atomic mass is 16.4. The van der Waals surface area contributed by atoms with Crippen molar-refractivity contribution in [2.45, 2.75) is 51.0 Å². The molecule has 1 unspecified atom stereocenters. The third-order valence-electron chi connectivity index (χ3n) is 4.62. The van der Waals surface area contributed by atoms with Crippen LogP contribution in [0.5, 0.6) is 0 Å². The summed E-state index contributed by atoms with van der Waals surface area (Å²) in [5.41, 5.74) is 1.62. The van der Waals surface area contributed by atoms with E-state index in [0.29, 0.717) is 19.4 Å². The van der Waals surface area contributed by atoms with Gasteiger partial charge in [0.05, 0.1) is 0 Å². The summed E-state index contributed by atoms with van der Waals surface area (Å²) in [5, 5.41) is 9.20. The van der Waals surface area contributed by atoms with Crippen LogP contribution in [0.15, 0.2) is 10.9 Å². The van der Waals surface area contributed by atoms with Crippen molar-refractivity contribution in [3.05, 3.63) is 33.2 Å². The van der Waals surface area contributed by atoms with Crippen LogP contribution in [0.3, 0.4) is 0 Å². The summed E-state index contributed by atoms with van der Waals surface area (Å²) in [4.78, 5) is 40.2. The largest absolute Gasteiger partial charge is 0.480 e. The lowest BCUT2D eigenvalue weighted by Crippen LogP contribution is -2.42. The first-order chi connectivity index (χ1) is 10.6. The summed E-state index contributed by atoms with van der Waals surface area (Å²) in [5.74, 6) is -1.46. The lowest BCUT2D eigenvalue weighted by molar-refractivity contribution is -0.141. The van der Waals surface area contributed by atoms with Gasteiger partial charge in [0.25, 0.3) is 11.5 Å². The molecular weight excluding hydrogens is 284 g/mol. The number of aromatic amines is 1. The Labute approximate surface area is 128 Å². The highest BCUT2D eigenvalue weighted by Crippen LogP contribution is 2.22. The fourth-order valence-electron chi connectivity index (χ4n) is 3.43. The molecule has 2 aliphatic rings. The molecule has 22 heavy (non-hydrogen) atoms. The van der Waals surface area contributed by atoms with Gasteiger partial charge in [0.1, 0.15) is 11.6 Å². The van der Waals surface area contributed by atoms with Crippen molar-refractivity contribution < 1.29 is 14.7 Å². The maximum absolute atomic E-state index is 12.6. The number of likely N-dealkylation sites (tertiary alicyclic amines) is 1. The number of amides is 1. The van der Waals surface area contributed by atoms with Gasteiger partial charge in [-0.15, -0.1) is 0 Å². The summed E-state index contributed by atoms with van der Waals surface area (Å²) >= 11 is 0. The molecule has 1 amide bonds. The zero-order chi connectivity index (χ0) is 15.7. The number of aliphatic carboxylic acids is 1. The van der Waals surface area contributed by atoms with Crippen LogP contribution < -0.4 is 5.56 Å². The van der Waals surface area contributed by atoms with Crippen LogP contribution in [0.2, 0.25) is 0 Å². The van der Waals surface area contributed by atoms with Crippen LogP contribution >= 0.6 is 0 Å². The minimum Gasteiger partial charge on any atom is -0.480 e. The Morgan fingerprint density at radius 1 is 1.18 bits per heavy atom. The normalized spacial score (nSPS) is 21.3. The van der Waals surface area contributed by atoms with E-state index in [9.17, 15) is 19.5 Å². The fourth-order valence-corrected chi connectivity index (χ4v) is 3.43. The molecule has 0 spiro atoms. The number of hydrogen-bond acceptors (Lipinski definition) is 3. The number of fused-ring (bicyclic) bond motifs is 1. The van der Waals surface area contributed by atoms with E-state index in [1.807, 2.05) is 0 Å². The summed E-state index contributed by atoms with van der Waals surface area (Å²) in [6.07, 6.45) is 6.01. The maximum atomic E-state index is 12.6. The number of nitrogens with one attached hydrogen (secondary N) is 1. The molecule has 6 nitrogen and oxygen atoms in total. The number of aromatic nitrogens is 1. The molecule has 1 fully saturated rings. The zero-order valence-electron chi connectivity index (χ0n) is 12.4. The van der Waals surface area contributed by atoms with Gasteiger partial charge in [0.2, 0.25) is 0 Å². The predicted molar refractivity (Wildman–Crippen MR) is 80.0 cm³/mol. The Kier molecular flexibility index (Phi) is 4.00. The van der Waals surface area contributed by atoms with Crippen LogP contribution in [0.1, 0.15) is 53.7 Å². The SMILES string of the molecule is O=C(O)C1CCCN1C(=O)c1cc2c([nH]c1=O)CCCCC2. The first-order valence-corrected chi connectivity index (χ1v) is 7.87. The summed E-state index contributed by atoms with van der Waals surface area (Å²) in [6, 6.07) is 0.865. The second-order valence-corrected chi connectivity index (χ2v) is 6.07. The van der Waals surface area contributed by atoms with Gasteiger partial charge in [0.15, 0.2) is 0 Å². The van der Waals surface area contributed by atoms with Gasteiger partial charge in [-0.2, -0.15) is 0 Å². The minimum absolute atomic E-state index is 0.0776. The second-order valence-electron chi connectivity index (χ2n) is 6.07. The van der Waals surface area contributed by atoms with Gasteiger partial charge in [0, 0.05) is 12.2 Å². The number of pyridine rings is 1. The summed E-state index contributed by atoms with van der Waals surface area (Å²) in [7, 11) is 0. The van der Waals surface area contributed by atoms with E-state index in [0.717, 1.165) is 43.4 Å². The van der Waals surface area contributed by atoms with Gasteiger partial charge in [-0.25, -0.2) is 4.79 Å². The number of aryl methyl sites for hydroxylation is 2. The zero-order valence-corrected chi connectivity index (χ0v) is 12.4. The van der Waals surface area contributed by atoms with Crippen molar-refractivity contribution in [2.75, 3.05) is 6.54 Å². The minimum atomic E-state index is -1.00. The Hall–Kier alpha value is -2.11. The van der Waals surface area contributed by atoms with Crippen molar-refractivity contribution in [2.24, 2.45) is 0 Å². The lowest BCUT2D eigenvalue weighted by Gasteiger charge is -2.21. The number of nitrogens with zero attached hydrogens (tertiary/aromatic N) is 1. The summed E-state index contributed by atoms with van der Waals surface area (Å²) < 4.78 is 0. The quantitative estimate of drug-likeness (QED) is 0.807. The van der Waals surface area contributed by atoms with Crippen molar-refractivity contribution in [3.8, 4) is 0 Å². The lowest BCUT2D eigenvalue weighted by atomic mass is 10.1. The highest BCUT2D eigenvalue weighted by Gasteiger charge is 2.35. The van der Waals surface area contributed by atoms with Gasteiger partial charge in [-0.1, -0.05) is 6.42 Å². The molecule has 118 valence electrons. The molecule has 0 radical (unpaired) electrons. The Morgan fingerprint density at radius 3 is 2.73 bits per heavy atom. The number of carbonyl (C=O) groups is 2. The van der Waals surface area contributed by atoms with E-state index >= 15 is 0 Å². The smallest absolute Gasteiger partial charge is 0.326 e. The molecule has 1 aliphatic heterocycles. The second kappa shape index (κ2) is 5.94. The molecule has 2 N–H and O–H groups in total. The molecule has 0 saturated carbocycles. The highest BCUT2D eigenvalue weighted by molar-refractivity contribution is 5.96. The average molecular weight is 304 g/mol. The molecule has 6 heteroatoms. The molecule has 0 bridgehead atoms. The van der Waals surface area contributed by atoms with E-state index in [1.54, 1.807) is 6.07 Å². The number of carbonyl (C=O) groups excluding carboxylic acids is 1. The molecule has 1 aromatic heterocycles. The van der Waals surface area contributed by atoms with Crippen LogP contribution in [-0.4, -0.2) is 39.5 Å². The molecule has 1 atom stereocenters. The van der Waals surface area contributed by atoms with E-state index in [2.05, 4.69) is 4.98 Å². The van der Waals surface area contributed by atoms with Gasteiger partial charge in [-0.3, -0.25) is 9.59 Å². The molecule has 0 aromatic carbocycles. The van der Waals surface area contributed by atoms with Gasteiger partial charge >= 0.3 is 5.97 Å². The van der Waals surface area contributed by atoms with E-state index in [1.165, 1.54) is 4.90 Å². The molecule has 1 saturated heterocycles. The Balaban J connectivity index is 1.94. The number of carboxylic acids is 1. The molecular formula is C16H20N2O4. The van der Waals surface area contributed by atoms with Crippen LogP contribution in [0, 0.1) is 0 Å². The van der Waals surface area contributed by atoms with Gasteiger partial charge < -0.3 is 15.0 Å². The number of rotatable bonds is 2. The van der Waals surface area contributed by atoms with Crippen molar-refractivity contribution in [3.63, 3.8) is 0 Å². The number of hydrogen-bond donors (Lipinski definition) is 2. The van der Waals surface area contributed by atoms with Crippen LogP contribution in [0.4, 0.5) is 0 Å². The number of H-pyrrole nitrogens is 1. The molecule has 3 rings (SSSR count). The van der Waals surface area contributed by atoms with Crippen molar-refractivity contribution >= 4 is 11.9 Å². The molecule has 2 heterocycles. The first kappa shape index (κ1) is 14.8. The predicted octanol–water partition coefficient (Wildman–Crippen LogP) is 1.33. The monoisotopic (exact) mass is 304 g/mol. The van der Waals surface area contributed by atoms with Crippen molar-refractivity contribution in [1.29, 1.82) is 0 Å². The Morgan fingerprint density at radius 2 is 1.95 bits per heavy atom. The van der Waals surface area contributed by atoms with Crippen LogP contribution in [-0.2, 0) is 17.6 Å². The third-order valence-corrected chi connectivity index (χ3v) is 4.62. The topological polar surface area (TPSA) is 90.5 Å². The maximum Gasteiger partial charge on any atom is 0.326 e. The van der Waals surface area contributed by atoms with Gasteiger partial charge in [-0.05, 0) is 50.2 Å². The van der Waals surface area contributed by atoms with E-state index < -0.39 is 23.5 Å². The number of carboxylic acid groups (broad SMARTS) is 1. The molecule has 1 aromatic rings. The van der Waals surface area contributed by atoms with Crippen LogP contribution in [0.25, 0.3) is 0 Å². The average Bonchev–Trinajstić information content (AvgIpc) is 2.87.